The molecule has 0 heterocycles. The fraction of sp³-hybridized carbons (Fsp3) is 0.714. The highest BCUT2D eigenvalue weighted by molar-refractivity contribution is 5.83. The molecule has 1 aliphatic carbocycles. The Labute approximate surface area is 108 Å². The number of unbranched alkanes of at least 4 members (excludes halogenated alkanes) is 2. The average molecular weight is 254 g/mol. The van der Waals surface area contributed by atoms with Crippen LogP contribution in [-0.2, 0) is 14.3 Å². The molecule has 18 heavy (non-hydrogen) atoms. The van der Waals surface area contributed by atoms with Crippen molar-refractivity contribution in [3.05, 3.63) is 12.2 Å². The molecule has 0 aromatic rings. The van der Waals surface area contributed by atoms with Crippen molar-refractivity contribution in [1.29, 1.82) is 0 Å². The Morgan fingerprint density at radius 1 is 1.33 bits per heavy atom. The zero-order valence-corrected chi connectivity index (χ0v) is 11.3. The molecule has 0 saturated heterocycles. The van der Waals surface area contributed by atoms with Crippen molar-refractivity contribution >= 4 is 11.9 Å². The molecule has 1 aliphatic rings. The predicted molar refractivity (Wildman–Crippen MR) is 68.0 cm³/mol. The molecule has 0 aromatic heterocycles. The van der Waals surface area contributed by atoms with Crippen molar-refractivity contribution in [2.45, 2.75) is 40.0 Å². The summed E-state index contributed by atoms with van der Waals surface area (Å²) in [5.74, 6) is -1.64. The van der Waals surface area contributed by atoms with E-state index in [0.29, 0.717) is 6.61 Å². The zero-order valence-electron chi connectivity index (χ0n) is 11.3. The Morgan fingerprint density at radius 3 is 2.50 bits per heavy atom. The molecular weight excluding hydrogens is 232 g/mol. The summed E-state index contributed by atoms with van der Waals surface area (Å²) < 4.78 is 5.01. The monoisotopic (exact) mass is 254 g/mol. The van der Waals surface area contributed by atoms with E-state index in [1.807, 2.05) is 13.8 Å². The highest BCUT2D eigenvalue weighted by atomic mass is 16.5. The summed E-state index contributed by atoms with van der Waals surface area (Å²) in [4.78, 5) is 22.3. The average Bonchev–Trinajstić information content (AvgIpc) is 2.84. The van der Waals surface area contributed by atoms with Crippen LogP contribution in [0.25, 0.3) is 0 Å². The van der Waals surface area contributed by atoms with E-state index in [1.165, 1.54) is 6.08 Å². The molecule has 0 radical (unpaired) electrons. The largest absolute Gasteiger partial charge is 0.481 e. The number of rotatable bonds is 7. The fourth-order valence-electron chi connectivity index (χ4n) is 2.26. The third-order valence-corrected chi connectivity index (χ3v) is 3.61. The van der Waals surface area contributed by atoms with E-state index in [4.69, 9.17) is 9.84 Å². The number of hydrogen-bond acceptors (Lipinski definition) is 3. The first-order valence-corrected chi connectivity index (χ1v) is 6.49. The summed E-state index contributed by atoms with van der Waals surface area (Å²) in [7, 11) is 0. The third-order valence-electron chi connectivity index (χ3n) is 3.61. The van der Waals surface area contributed by atoms with E-state index in [2.05, 4.69) is 6.92 Å². The molecule has 0 amide bonds. The molecule has 2 unspecified atom stereocenters. The minimum absolute atomic E-state index is 0.0711. The summed E-state index contributed by atoms with van der Waals surface area (Å²) in [6.07, 6.45) is 6.04. The van der Waals surface area contributed by atoms with Crippen molar-refractivity contribution in [1.82, 2.24) is 0 Å². The van der Waals surface area contributed by atoms with Gasteiger partial charge in [0.2, 0.25) is 0 Å². The van der Waals surface area contributed by atoms with E-state index < -0.39 is 5.97 Å². The highest BCUT2D eigenvalue weighted by Crippen LogP contribution is 2.58. The fourth-order valence-corrected chi connectivity index (χ4v) is 2.26. The van der Waals surface area contributed by atoms with Crippen molar-refractivity contribution in [3.63, 3.8) is 0 Å². The van der Waals surface area contributed by atoms with Gasteiger partial charge in [-0.1, -0.05) is 39.7 Å². The minimum Gasteiger partial charge on any atom is -0.481 e. The Bertz CT molecular complexity index is 344. The van der Waals surface area contributed by atoms with Crippen LogP contribution in [0.5, 0.6) is 0 Å². The van der Waals surface area contributed by atoms with Crippen molar-refractivity contribution in [2.75, 3.05) is 6.61 Å². The van der Waals surface area contributed by atoms with Crippen LogP contribution in [0.1, 0.15) is 40.0 Å². The number of esters is 1. The van der Waals surface area contributed by atoms with Gasteiger partial charge >= 0.3 is 11.9 Å². The van der Waals surface area contributed by atoms with Crippen molar-refractivity contribution in [3.8, 4) is 0 Å². The van der Waals surface area contributed by atoms with Gasteiger partial charge in [-0.25, -0.2) is 4.79 Å². The van der Waals surface area contributed by atoms with Gasteiger partial charge < -0.3 is 9.84 Å². The van der Waals surface area contributed by atoms with Crippen molar-refractivity contribution in [2.24, 2.45) is 17.3 Å². The lowest BCUT2D eigenvalue weighted by Gasteiger charge is -2.00. The van der Waals surface area contributed by atoms with Crippen molar-refractivity contribution < 1.29 is 19.4 Å². The van der Waals surface area contributed by atoms with E-state index in [-0.39, 0.29) is 23.2 Å². The van der Waals surface area contributed by atoms with Gasteiger partial charge in [0.05, 0.1) is 12.5 Å². The SMILES string of the molecule is CCCCCOC(=O)/C=C\C1C(C(=O)O)C1(C)C. The molecule has 4 nitrogen and oxygen atoms in total. The van der Waals surface area contributed by atoms with Gasteiger partial charge in [0.15, 0.2) is 0 Å². The van der Waals surface area contributed by atoms with Gasteiger partial charge in [-0.05, 0) is 17.8 Å². The molecule has 1 N–H and O–H groups in total. The molecule has 4 heteroatoms. The number of aliphatic carboxylic acids is 1. The second-order valence-electron chi connectivity index (χ2n) is 5.40. The van der Waals surface area contributed by atoms with Crippen LogP contribution in [0.3, 0.4) is 0 Å². The minimum atomic E-state index is -0.800. The molecule has 2 atom stereocenters. The molecule has 1 rings (SSSR count). The number of allylic oxidation sites excluding steroid dienone is 1. The van der Waals surface area contributed by atoms with Crippen LogP contribution in [0, 0.1) is 17.3 Å². The molecule has 1 fully saturated rings. The maximum absolute atomic E-state index is 11.4. The Morgan fingerprint density at radius 2 is 2.00 bits per heavy atom. The van der Waals surface area contributed by atoms with E-state index in [0.717, 1.165) is 19.3 Å². The normalized spacial score (nSPS) is 25.1. The summed E-state index contributed by atoms with van der Waals surface area (Å²) in [5, 5.41) is 8.97. The first kappa shape index (κ1) is 14.7. The molecule has 0 spiro atoms. The third kappa shape index (κ3) is 3.59. The van der Waals surface area contributed by atoms with Crippen LogP contribution in [-0.4, -0.2) is 23.7 Å². The van der Waals surface area contributed by atoms with Gasteiger partial charge in [0.1, 0.15) is 0 Å². The zero-order chi connectivity index (χ0) is 13.8. The maximum atomic E-state index is 11.4. The highest BCUT2D eigenvalue weighted by Gasteiger charge is 2.60. The smallest absolute Gasteiger partial charge is 0.330 e. The van der Waals surface area contributed by atoms with Crippen LogP contribution in [0.2, 0.25) is 0 Å². The molecule has 1 saturated carbocycles. The van der Waals surface area contributed by atoms with E-state index >= 15 is 0 Å². The number of hydrogen-bond donors (Lipinski definition) is 1. The van der Waals surface area contributed by atoms with Crippen LogP contribution < -0.4 is 0 Å². The van der Waals surface area contributed by atoms with Gasteiger partial charge in [-0.3, -0.25) is 4.79 Å². The van der Waals surface area contributed by atoms with Crippen LogP contribution in [0.4, 0.5) is 0 Å². The molecule has 0 aliphatic heterocycles. The standard InChI is InChI=1S/C14H22O4/c1-4-5-6-9-18-11(15)8-7-10-12(13(16)17)14(10,2)3/h7-8,10,12H,4-6,9H2,1-3H3,(H,16,17)/b8-7-. The van der Waals surface area contributed by atoms with Crippen LogP contribution in [0.15, 0.2) is 12.2 Å². The molecule has 102 valence electrons. The number of carboxylic acids is 1. The van der Waals surface area contributed by atoms with E-state index in [9.17, 15) is 9.59 Å². The summed E-state index contributed by atoms with van der Waals surface area (Å²) in [6.45, 7) is 6.32. The maximum Gasteiger partial charge on any atom is 0.330 e. The lowest BCUT2D eigenvalue weighted by atomic mass is 10.1. The quantitative estimate of drug-likeness (QED) is 0.431. The Kier molecular flexibility index (Phi) is 4.93. The molecule has 0 aromatic carbocycles. The van der Waals surface area contributed by atoms with Crippen LogP contribution >= 0.6 is 0 Å². The lowest BCUT2D eigenvalue weighted by molar-refractivity contribution is -0.140. The van der Waals surface area contributed by atoms with Gasteiger partial charge in [0.25, 0.3) is 0 Å². The lowest BCUT2D eigenvalue weighted by Crippen LogP contribution is -2.03. The second-order valence-corrected chi connectivity index (χ2v) is 5.40. The summed E-state index contributed by atoms with van der Waals surface area (Å²) in [5.41, 5.74) is -0.259. The Balaban J connectivity index is 2.33. The molecular formula is C14H22O4. The van der Waals surface area contributed by atoms with Gasteiger partial charge in [0, 0.05) is 6.08 Å². The topological polar surface area (TPSA) is 63.6 Å². The number of carboxylic acid groups (broad SMARTS) is 1. The summed E-state index contributed by atoms with van der Waals surface area (Å²) >= 11 is 0. The molecule has 0 bridgehead atoms. The van der Waals surface area contributed by atoms with Gasteiger partial charge in [-0.2, -0.15) is 0 Å². The van der Waals surface area contributed by atoms with E-state index in [1.54, 1.807) is 6.08 Å². The number of carbonyl (C=O) groups is 2. The first-order chi connectivity index (χ1) is 8.41. The first-order valence-electron chi connectivity index (χ1n) is 6.49. The summed E-state index contributed by atoms with van der Waals surface area (Å²) in [6, 6.07) is 0. The van der Waals surface area contributed by atoms with Gasteiger partial charge in [-0.15, -0.1) is 0 Å². The second kappa shape index (κ2) is 6.03. The Hall–Kier alpha value is -1.32. The number of ether oxygens (including phenoxy) is 1. The number of carbonyl (C=O) groups excluding carboxylic acids is 1. The predicted octanol–water partition coefficient (Wildman–Crippen LogP) is 2.63.